The summed E-state index contributed by atoms with van der Waals surface area (Å²) in [7, 11) is 4.19. The first-order valence-corrected chi connectivity index (χ1v) is 8.54. The van der Waals surface area contributed by atoms with Crippen molar-refractivity contribution in [3.8, 4) is 0 Å². The van der Waals surface area contributed by atoms with Crippen LogP contribution in [0.1, 0.15) is 35.6 Å². The molecule has 2 heteroatoms. The van der Waals surface area contributed by atoms with Gasteiger partial charge >= 0.3 is 0 Å². The summed E-state index contributed by atoms with van der Waals surface area (Å²) in [4.78, 5) is 2.20. The first-order valence-electron chi connectivity index (χ1n) is 8.54. The summed E-state index contributed by atoms with van der Waals surface area (Å²) in [5.41, 5.74) is 3.86. The van der Waals surface area contributed by atoms with Gasteiger partial charge in [0.1, 0.15) is 5.60 Å². The second-order valence-corrected chi connectivity index (χ2v) is 7.25. The second-order valence-electron chi connectivity index (χ2n) is 7.25. The van der Waals surface area contributed by atoms with Gasteiger partial charge in [0.15, 0.2) is 0 Å². The van der Waals surface area contributed by atoms with Crippen LogP contribution < -0.4 is 0 Å². The van der Waals surface area contributed by atoms with Crippen LogP contribution in [0.4, 0.5) is 0 Å². The number of benzene rings is 2. The molecule has 2 aromatic carbocycles. The van der Waals surface area contributed by atoms with Crippen LogP contribution >= 0.6 is 0 Å². The summed E-state index contributed by atoms with van der Waals surface area (Å²) in [6.07, 6.45) is 2.74. The lowest BCUT2D eigenvalue weighted by atomic mass is 9.77. The van der Waals surface area contributed by atoms with E-state index in [1.165, 1.54) is 11.1 Å². The molecule has 0 amide bonds. The van der Waals surface area contributed by atoms with Gasteiger partial charge in [0, 0.05) is 6.54 Å². The highest BCUT2D eigenvalue weighted by Crippen LogP contribution is 2.41. The van der Waals surface area contributed by atoms with Crippen molar-refractivity contribution >= 4 is 0 Å². The highest BCUT2D eigenvalue weighted by atomic mass is 16.3. The fourth-order valence-electron chi connectivity index (χ4n) is 4.11. The molecule has 0 aromatic heterocycles. The summed E-state index contributed by atoms with van der Waals surface area (Å²) >= 11 is 0. The van der Waals surface area contributed by atoms with E-state index in [4.69, 9.17) is 0 Å². The fraction of sp³-hybridized carbons (Fsp3) is 0.429. The molecular formula is C21H27NO. The SMILES string of the molecule is CC(CN(C)C)CC1(O)c2ccccc2CCc2ccccc21. The number of hydrogen-bond acceptors (Lipinski definition) is 2. The number of aryl methyl sites for hydroxylation is 2. The largest absolute Gasteiger partial charge is 0.380 e. The molecule has 0 aliphatic heterocycles. The molecule has 1 aliphatic carbocycles. The highest BCUT2D eigenvalue weighted by Gasteiger charge is 2.38. The molecule has 23 heavy (non-hydrogen) atoms. The molecule has 122 valence electrons. The average Bonchev–Trinajstić information content (AvgIpc) is 2.63. The van der Waals surface area contributed by atoms with Crippen molar-refractivity contribution < 1.29 is 5.11 Å². The van der Waals surface area contributed by atoms with Gasteiger partial charge < -0.3 is 10.0 Å². The van der Waals surface area contributed by atoms with E-state index in [1.807, 2.05) is 12.1 Å². The number of rotatable bonds is 4. The maximum atomic E-state index is 11.8. The molecule has 1 N–H and O–H groups in total. The minimum Gasteiger partial charge on any atom is -0.380 e. The fourth-order valence-corrected chi connectivity index (χ4v) is 4.11. The summed E-state index contributed by atoms with van der Waals surface area (Å²) < 4.78 is 0. The lowest BCUT2D eigenvalue weighted by Crippen LogP contribution is -2.33. The lowest BCUT2D eigenvalue weighted by molar-refractivity contribution is 0.0500. The van der Waals surface area contributed by atoms with E-state index in [1.54, 1.807) is 0 Å². The van der Waals surface area contributed by atoms with Gasteiger partial charge in [-0.05, 0) is 61.5 Å². The lowest BCUT2D eigenvalue weighted by Gasteiger charge is -2.34. The van der Waals surface area contributed by atoms with Crippen LogP contribution in [0.2, 0.25) is 0 Å². The Morgan fingerprint density at radius 3 is 1.91 bits per heavy atom. The molecule has 0 heterocycles. The Morgan fingerprint density at radius 2 is 1.43 bits per heavy atom. The van der Waals surface area contributed by atoms with Crippen molar-refractivity contribution in [1.29, 1.82) is 0 Å². The van der Waals surface area contributed by atoms with E-state index < -0.39 is 5.60 Å². The maximum Gasteiger partial charge on any atom is 0.115 e. The van der Waals surface area contributed by atoms with Crippen molar-refractivity contribution in [1.82, 2.24) is 4.90 Å². The van der Waals surface area contributed by atoms with E-state index in [2.05, 4.69) is 62.3 Å². The van der Waals surface area contributed by atoms with Gasteiger partial charge in [-0.3, -0.25) is 0 Å². The van der Waals surface area contributed by atoms with Gasteiger partial charge in [-0.2, -0.15) is 0 Å². The zero-order valence-electron chi connectivity index (χ0n) is 14.4. The van der Waals surface area contributed by atoms with Crippen LogP contribution in [-0.2, 0) is 18.4 Å². The molecule has 0 spiro atoms. The average molecular weight is 309 g/mol. The summed E-state index contributed by atoms with van der Waals surface area (Å²) in [6.45, 7) is 3.21. The molecule has 1 aliphatic rings. The van der Waals surface area contributed by atoms with Gasteiger partial charge in [-0.15, -0.1) is 0 Å². The number of nitrogens with zero attached hydrogens (tertiary/aromatic N) is 1. The van der Waals surface area contributed by atoms with Gasteiger partial charge in [0.2, 0.25) is 0 Å². The number of hydrogen-bond donors (Lipinski definition) is 1. The Morgan fingerprint density at radius 1 is 0.957 bits per heavy atom. The van der Waals surface area contributed by atoms with Crippen LogP contribution in [0.3, 0.4) is 0 Å². The Balaban J connectivity index is 2.09. The predicted molar refractivity (Wildman–Crippen MR) is 95.6 cm³/mol. The summed E-state index contributed by atoms with van der Waals surface area (Å²) in [6, 6.07) is 16.8. The summed E-state index contributed by atoms with van der Waals surface area (Å²) in [5, 5.41) is 11.8. The van der Waals surface area contributed by atoms with Crippen LogP contribution in [0.15, 0.2) is 48.5 Å². The van der Waals surface area contributed by atoms with Gasteiger partial charge in [0.25, 0.3) is 0 Å². The minimum atomic E-state index is -0.890. The first-order chi connectivity index (χ1) is 11.0. The third-order valence-corrected chi connectivity index (χ3v) is 4.91. The maximum absolute atomic E-state index is 11.8. The molecule has 0 saturated carbocycles. The Kier molecular flexibility index (Phi) is 4.56. The number of fused-ring (bicyclic) bond motifs is 2. The molecule has 0 saturated heterocycles. The molecular weight excluding hydrogens is 282 g/mol. The van der Waals surface area contributed by atoms with Crippen molar-refractivity contribution in [3.05, 3.63) is 70.8 Å². The molecule has 1 atom stereocenters. The second kappa shape index (κ2) is 6.46. The smallest absolute Gasteiger partial charge is 0.115 e. The molecule has 3 rings (SSSR count). The standard InChI is InChI=1S/C21H27NO/c1-16(15-22(2)3)14-21(23)19-10-6-4-8-17(19)12-13-18-9-5-7-11-20(18)21/h4-11,16,23H,12-15H2,1-3H3. The van der Waals surface area contributed by atoms with E-state index in [9.17, 15) is 5.11 Å². The first kappa shape index (κ1) is 16.2. The van der Waals surface area contributed by atoms with Crippen molar-refractivity contribution in [2.75, 3.05) is 20.6 Å². The predicted octanol–water partition coefficient (Wildman–Crippen LogP) is 3.61. The third kappa shape index (κ3) is 3.19. The molecule has 1 unspecified atom stereocenters. The zero-order chi connectivity index (χ0) is 16.4. The Hall–Kier alpha value is -1.64. The Labute approximate surface area is 139 Å². The van der Waals surface area contributed by atoms with Crippen molar-refractivity contribution in [3.63, 3.8) is 0 Å². The van der Waals surface area contributed by atoms with Crippen molar-refractivity contribution in [2.24, 2.45) is 5.92 Å². The monoisotopic (exact) mass is 309 g/mol. The highest BCUT2D eigenvalue weighted by molar-refractivity contribution is 5.47. The van der Waals surface area contributed by atoms with Crippen LogP contribution in [0, 0.1) is 5.92 Å². The molecule has 0 radical (unpaired) electrons. The molecule has 2 aromatic rings. The third-order valence-electron chi connectivity index (χ3n) is 4.91. The van der Waals surface area contributed by atoms with Crippen molar-refractivity contribution in [2.45, 2.75) is 31.8 Å². The Bertz CT molecular complexity index is 630. The van der Waals surface area contributed by atoms with E-state index in [-0.39, 0.29) is 0 Å². The normalized spacial score (nSPS) is 17.3. The van der Waals surface area contributed by atoms with Gasteiger partial charge in [0.05, 0.1) is 0 Å². The molecule has 2 nitrogen and oxygen atoms in total. The van der Waals surface area contributed by atoms with E-state index >= 15 is 0 Å². The molecule has 0 fully saturated rings. The number of aliphatic hydroxyl groups is 1. The molecule has 0 bridgehead atoms. The van der Waals surface area contributed by atoms with Gasteiger partial charge in [-0.25, -0.2) is 0 Å². The van der Waals surface area contributed by atoms with E-state index in [0.717, 1.165) is 36.9 Å². The van der Waals surface area contributed by atoms with E-state index in [0.29, 0.717) is 5.92 Å². The van der Waals surface area contributed by atoms with Crippen LogP contribution in [0.25, 0.3) is 0 Å². The van der Waals surface area contributed by atoms with Crippen LogP contribution in [-0.4, -0.2) is 30.6 Å². The summed E-state index contributed by atoms with van der Waals surface area (Å²) in [5.74, 6) is 0.411. The quantitative estimate of drug-likeness (QED) is 0.932. The topological polar surface area (TPSA) is 23.5 Å². The van der Waals surface area contributed by atoms with Gasteiger partial charge in [-0.1, -0.05) is 55.5 Å². The zero-order valence-corrected chi connectivity index (χ0v) is 14.4. The minimum absolute atomic E-state index is 0.411. The van der Waals surface area contributed by atoms with Crippen LogP contribution in [0.5, 0.6) is 0 Å².